The molecule has 1 aliphatic heterocycles. The maximum Gasteiger partial charge on any atom is 0.156 e. The molecule has 3 heterocycles. The first-order chi connectivity index (χ1) is 15.9. The van der Waals surface area contributed by atoms with Gasteiger partial charge in [-0.25, -0.2) is 9.37 Å². The topological polar surface area (TPSA) is 96.4 Å². The predicted molar refractivity (Wildman–Crippen MR) is 132 cm³/mol. The molecule has 1 aromatic carbocycles. The molecule has 4 radical (unpaired) electrons. The van der Waals surface area contributed by atoms with Gasteiger partial charge in [-0.1, -0.05) is 29.5 Å². The summed E-state index contributed by atoms with van der Waals surface area (Å²) in [5.41, 5.74) is 7.09. The number of aliphatic imine (C=N–C) groups is 1. The van der Waals surface area contributed by atoms with E-state index < -0.39 is 16.1 Å². The number of hydrogen-bond acceptors (Lipinski definition) is 7. The number of aliphatic hydroxyl groups excluding tert-OH is 1. The molecule has 160 valence electrons. The van der Waals surface area contributed by atoms with Gasteiger partial charge in [0.2, 0.25) is 0 Å². The second kappa shape index (κ2) is 7.79. The van der Waals surface area contributed by atoms with Gasteiger partial charge in [0, 0.05) is 34.9 Å². The van der Waals surface area contributed by atoms with E-state index in [1.807, 2.05) is 6.07 Å². The number of hydrogen-bond donors (Lipinski definition) is 3. The van der Waals surface area contributed by atoms with Gasteiger partial charge in [-0.15, -0.1) is 6.42 Å². The molecule has 2 aromatic heterocycles. The Balaban J connectivity index is 1.61. The molecule has 10 heteroatoms. The number of pyridine rings is 2. The van der Waals surface area contributed by atoms with Gasteiger partial charge in [-0.3, -0.25) is 9.98 Å². The SMILES string of the molecule is [B]C[C@]1(c2cc(Nc3nccc4cc(C#C)cnc34)cc(F)c2[B])N=C(N)S[C@]2(CO)C[C@@H]21. The van der Waals surface area contributed by atoms with Crippen molar-refractivity contribution < 1.29 is 9.50 Å². The largest absolute Gasteiger partial charge is 0.395 e. The van der Waals surface area contributed by atoms with E-state index in [9.17, 15) is 5.11 Å². The van der Waals surface area contributed by atoms with Gasteiger partial charge in [0.15, 0.2) is 11.0 Å². The van der Waals surface area contributed by atoms with E-state index in [-0.39, 0.29) is 24.3 Å². The number of nitrogens with zero attached hydrogens (tertiary/aromatic N) is 3. The fourth-order valence-electron chi connectivity index (χ4n) is 4.68. The van der Waals surface area contributed by atoms with Crippen molar-refractivity contribution >= 4 is 60.5 Å². The van der Waals surface area contributed by atoms with E-state index >= 15 is 4.39 Å². The van der Waals surface area contributed by atoms with Crippen LogP contribution in [0.2, 0.25) is 6.32 Å². The van der Waals surface area contributed by atoms with Crippen LogP contribution >= 0.6 is 11.8 Å². The molecule has 4 N–H and O–H groups in total. The van der Waals surface area contributed by atoms with Crippen LogP contribution in [0.25, 0.3) is 10.9 Å². The van der Waals surface area contributed by atoms with Gasteiger partial charge < -0.3 is 16.2 Å². The minimum absolute atomic E-state index is 0.0455. The van der Waals surface area contributed by atoms with Gasteiger partial charge in [-0.05, 0) is 36.2 Å². The van der Waals surface area contributed by atoms with Crippen LogP contribution in [0.3, 0.4) is 0 Å². The lowest BCUT2D eigenvalue weighted by molar-refractivity contribution is 0.267. The Kier molecular flexibility index (Phi) is 5.15. The molecule has 6 nitrogen and oxygen atoms in total. The minimum atomic E-state index is -1.03. The first-order valence-corrected chi connectivity index (χ1v) is 11.1. The Morgan fingerprint density at radius 3 is 2.91 bits per heavy atom. The van der Waals surface area contributed by atoms with Crippen LogP contribution in [0, 0.1) is 24.1 Å². The van der Waals surface area contributed by atoms with Crippen molar-refractivity contribution in [2.75, 3.05) is 11.9 Å². The summed E-state index contributed by atoms with van der Waals surface area (Å²) in [6.45, 7) is -0.0775. The normalized spacial score (nSPS) is 25.7. The fraction of sp³-hybridized carbons (Fsp3) is 0.261. The Morgan fingerprint density at radius 2 is 2.18 bits per heavy atom. The second-order valence-electron chi connectivity index (χ2n) is 8.30. The van der Waals surface area contributed by atoms with E-state index in [0.717, 1.165) is 5.39 Å². The van der Waals surface area contributed by atoms with Gasteiger partial charge >= 0.3 is 0 Å². The maximum absolute atomic E-state index is 15.0. The summed E-state index contributed by atoms with van der Waals surface area (Å²) in [5, 5.41) is 14.2. The smallest absolute Gasteiger partial charge is 0.156 e. The van der Waals surface area contributed by atoms with Crippen molar-refractivity contribution in [1.82, 2.24) is 9.97 Å². The second-order valence-corrected chi connectivity index (χ2v) is 9.74. The molecule has 0 unspecified atom stereocenters. The zero-order valence-corrected chi connectivity index (χ0v) is 18.4. The lowest BCUT2D eigenvalue weighted by Gasteiger charge is -2.37. The molecule has 1 aliphatic carbocycles. The van der Waals surface area contributed by atoms with E-state index in [4.69, 9.17) is 27.8 Å². The number of aromatic nitrogens is 2. The molecule has 0 bridgehead atoms. The summed E-state index contributed by atoms with van der Waals surface area (Å²) >= 11 is 1.34. The number of halogens is 1. The Bertz CT molecular complexity index is 1360. The third kappa shape index (κ3) is 3.38. The third-order valence-electron chi connectivity index (χ3n) is 6.42. The molecule has 0 amide bonds. The number of nitrogens with one attached hydrogen (secondary N) is 1. The summed E-state index contributed by atoms with van der Waals surface area (Å²) in [6, 6.07) is 6.63. The van der Waals surface area contributed by atoms with E-state index in [1.54, 1.807) is 24.5 Å². The van der Waals surface area contributed by atoms with Gasteiger partial charge in [-0.2, -0.15) is 0 Å². The Morgan fingerprint density at radius 1 is 1.36 bits per heavy atom. The van der Waals surface area contributed by atoms with Crippen LogP contribution in [0.4, 0.5) is 15.9 Å². The molecule has 3 atom stereocenters. The lowest BCUT2D eigenvalue weighted by atomic mass is 9.69. The Labute approximate surface area is 197 Å². The first kappa shape index (κ1) is 21.8. The number of nitrogens with two attached hydrogens (primary N) is 1. The van der Waals surface area contributed by atoms with Crippen LogP contribution in [0.5, 0.6) is 0 Å². The van der Waals surface area contributed by atoms with Crippen molar-refractivity contribution in [2.24, 2.45) is 16.6 Å². The van der Waals surface area contributed by atoms with Crippen molar-refractivity contribution in [1.29, 1.82) is 0 Å². The summed E-state index contributed by atoms with van der Waals surface area (Å²) in [5.74, 6) is 2.26. The number of aliphatic hydroxyl groups is 1. The highest BCUT2D eigenvalue weighted by molar-refractivity contribution is 8.15. The quantitative estimate of drug-likeness (QED) is 0.404. The zero-order chi connectivity index (χ0) is 23.4. The van der Waals surface area contributed by atoms with Crippen molar-refractivity contribution in [2.45, 2.75) is 23.0 Å². The number of terminal acetylenes is 1. The van der Waals surface area contributed by atoms with E-state index in [1.165, 1.54) is 17.8 Å². The van der Waals surface area contributed by atoms with Gasteiger partial charge in [0.05, 0.1) is 24.7 Å². The number of thioether (sulfide) groups is 1. The fourth-order valence-corrected chi connectivity index (χ4v) is 5.95. The highest BCUT2D eigenvalue weighted by Gasteiger charge is 2.66. The molecule has 0 saturated heterocycles. The summed E-state index contributed by atoms with van der Waals surface area (Å²) in [7, 11) is 12.4. The van der Waals surface area contributed by atoms with Crippen LogP contribution < -0.4 is 16.5 Å². The van der Waals surface area contributed by atoms with Crippen LogP contribution in [-0.4, -0.2) is 47.3 Å². The first-order valence-electron chi connectivity index (χ1n) is 10.3. The molecular weight excluding hydrogens is 435 g/mol. The highest BCUT2D eigenvalue weighted by Crippen LogP contribution is 2.66. The summed E-state index contributed by atoms with van der Waals surface area (Å²) < 4.78 is 14.6. The predicted octanol–water partition coefficient (Wildman–Crippen LogP) is 1.88. The lowest BCUT2D eigenvalue weighted by Crippen LogP contribution is -2.42. The molecule has 1 fully saturated rings. The molecule has 1 saturated carbocycles. The minimum Gasteiger partial charge on any atom is -0.395 e. The van der Waals surface area contributed by atoms with E-state index in [2.05, 4.69) is 26.2 Å². The number of benzene rings is 1. The monoisotopic (exact) mass is 453 g/mol. The number of fused-ring (bicyclic) bond motifs is 2. The van der Waals surface area contributed by atoms with Crippen molar-refractivity contribution in [3.63, 3.8) is 0 Å². The highest BCUT2D eigenvalue weighted by atomic mass is 32.2. The molecule has 5 rings (SSSR count). The number of amidine groups is 1. The third-order valence-corrected chi connectivity index (χ3v) is 7.71. The molecular formula is C23H18B2FN5OS. The van der Waals surface area contributed by atoms with Gasteiger partial charge in [0.25, 0.3) is 0 Å². The van der Waals surface area contributed by atoms with Crippen LogP contribution in [0.15, 0.2) is 41.7 Å². The number of anilines is 2. The molecule has 33 heavy (non-hydrogen) atoms. The Hall–Kier alpha value is -3.02. The average molecular weight is 453 g/mol. The molecule has 3 aromatic rings. The average Bonchev–Trinajstić information content (AvgIpc) is 3.56. The van der Waals surface area contributed by atoms with Crippen LogP contribution in [-0.2, 0) is 5.54 Å². The van der Waals surface area contributed by atoms with Crippen molar-refractivity contribution in [3.05, 3.63) is 53.6 Å². The summed E-state index contributed by atoms with van der Waals surface area (Å²) in [6.07, 6.45) is 9.38. The maximum atomic E-state index is 15.0. The standard InChI is InChI=1S/C23H18B2FN5OS/c1-2-12-5-13-3-4-28-20(19(13)29-9-12)30-14-6-15(18(25)16(26)7-14)23(10-24)17-8-22(17,11-32)33-21(27)31-23/h1,3-7,9,17,32H,8,10-11H2,(H2,27,31)(H,28,30)/t17-,22-,23+/m0/s1. The van der Waals surface area contributed by atoms with Crippen LogP contribution in [0.1, 0.15) is 17.5 Å². The van der Waals surface area contributed by atoms with E-state index in [0.29, 0.717) is 39.7 Å². The number of rotatable bonds is 5. The molecule has 2 aliphatic rings. The summed E-state index contributed by atoms with van der Waals surface area (Å²) in [4.78, 5) is 13.4. The zero-order valence-electron chi connectivity index (χ0n) is 17.5. The molecule has 0 spiro atoms. The van der Waals surface area contributed by atoms with Gasteiger partial charge in [0.1, 0.15) is 19.2 Å². The van der Waals surface area contributed by atoms with Crippen molar-refractivity contribution in [3.8, 4) is 12.3 Å².